The van der Waals surface area contributed by atoms with E-state index in [0.29, 0.717) is 35.5 Å². The van der Waals surface area contributed by atoms with Gasteiger partial charge in [-0.05, 0) is 47.7 Å². The minimum atomic E-state index is -0.729. The molecule has 3 aromatic carbocycles. The van der Waals surface area contributed by atoms with E-state index in [1.165, 1.54) is 16.8 Å². The lowest BCUT2D eigenvalue weighted by Crippen LogP contribution is -2.36. The summed E-state index contributed by atoms with van der Waals surface area (Å²) in [6, 6.07) is 13.4. The van der Waals surface area contributed by atoms with Gasteiger partial charge in [-0.25, -0.2) is 14.3 Å². The highest BCUT2D eigenvalue weighted by atomic mass is 16.5. The zero-order valence-corrected chi connectivity index (χ0v) is 23.8. The number of nitrogens with one attached hydrogen (secondary N) is 4. The van der Waals surface area contributed by atoms with E-state index in [-0.39, 0.29) is 46.7 Å². The van der Waals surface area contributed by atoms with Crippen LogP contribution in [0.4, 0.5) is 22.7 Å². The molecule has 3 heterocycles. The Hall–Kier alpha value is -6.58. The number of H-pyrrole nitrogens is 1. The van der Waals surface area contributed by atoms with Crippen molar-refractivity contribution in [2.45, 2.75) is 25.4 Å². The summed E-state index contributed by atoms with van der Waals surface area (Å²) in [5, 5.41) is 16.5. The predicted octanol–water partition coefficient (Wildman–Crippen LogP) is 0.924. The van der Waals surface area contributed by atoms with Crippen LogP contribution in [0, 0.1) is 0 Å². The Morgan fingerprint density at radius 2 is 1.89 bits per heavy atom. The highest BCUT2D eigenvalue weighted by Gasteiger charge is 2.27. The highest BCUT2D eigenvalue weighted by Crippen LogP contribution is 2.34. The number of nitrogen functional groups attached to an aromatic ring is 2. The fraction of sp³-hybridized carbons (Fsp3) is 0.133. The number of hydrogen-bond donors (Lipinski definition) is 6. The zero-order valence-electron chi connectivity index (χ0n) is 23.8. The number of aromatic nitrogens is 5. The van der Waals surface area contributed by atoms with Crippen molar-refractivity contribution < 1.29 is 14.1 Å². The number of anilines is 4. The molecule has 2 amide bonds. The third-order valence-corrected chi connectivity index (χ3v) is 7.80. The van der Waals surface area contributed by atoms with E-state index in [1.54, 1.807) is 30.3 Å². The van der Waals surface area contributed by atoms with Crippen LogP contribution in [0.15, 0.2) is 73.6 Å². The number of nitrogens with two attached hydrogens (primary N) is 2. The molecular weight excluding hydrogens is 596 g/mol. The molecule has 0 spiro atoms. The van der Waals surface area contributed by atoms with Gasteiger partial charge in [-0.1, -0.05) is 29.4 Å². The van der Waals surface area contributed by atoms with Crippen LogP contribution in [-0.4, -0.2) is 36.6 Å². The first-order valence-corrected chi connectivity index (χ1v) is 14.0. The number of carbonyl (C=O) groups is 2. The van der Waals surface area contributed by atoms with E-state index in [2.05, 4.69) is 40.7 Å². The van der Waals surface area contributed by atoms with Crippen LogP contribution in [0.2, 0.25) is 0 Å². The third-order valence-electron chi connectivity index (χ3n) is 7.80. The highest BCUT2D eigenvalue weighted by molar-refractivity contribution is 5.99. The zero-order chi connectivity index (χ0) is 32.1. The fourth-order valence-corrected chi connectivity index (χ4v) is 5.47. The van der Waals surface area contributed by atoms with Crippen LogP contribution >= 0.6 is 0 Å². The van der Waals surface area contributed by atoms with Crippen molar-refractivity contribution in [3.63, 3.8) is 0 Å². The van der Waals surface area contributed by atoms with Crippen LogP contribution in [0.25, 0.3) is 17.0 Å². The molecule has 0 saturated carbocycles. The Kier molecular flexibility index (Phi) is 6.65. The predicted molar refractivity (Wildman–Crippen MR) is 165 cm³/mol. The number of benzene rings is 2. The van der Waals surface area contributed by atoms with Crippen molar-refractivity contribution in [3.8, 4) is 11.4 Å². The molecule has 0 bridgehead atoms. The SMILES string of the molecule is Nc1c(Nc2cccc(CNC(=O)c3cc(C(=O)N[C@H]4CCc5cc(-c6noc(=O)[nH]6)ccc54)n4ncc(N)c4n3)c2)c(=O)c1=O. The van der Waals surface area contributed by atoms with E-state index < -0.39 is 28.4 Å². The summed E-state index contributed by atoms with van der Waals surface area (Å²) in [5.41, 5.74) is 14.3. The number of aromatic amines is 1. The van der Waals surface area contributed by atoms with Crippen LogP contribution < -0.4 is 44.0 Å². The topological polar surface area (TPSA) is 245 Å². The first-order valence-electron chi connectivity index (χ1n) is 14.0. The molecule has 0 aliphatic heterocycles. The van der Waals surface area contributed by atoms with Crippen LogP contribution in [0.5, 0.6) is 0 Å². The second-order valence-electron chi connectivity index (χ2n) is 10.7. The third kappa shape index (κ3) is 4.92. The van der Waals surface area contributed by atoms with Crippen molar-refractivity contribution >= 4 is 40.2 Å². The maximum absolute atomic E-state index is 13.6. The van der Waals surface area contributed by atoms with Gasteiger partial charge >= 0.3 is 5.76 Å². The molecule has 46 heavy (non-hydrogen) atoms. The second-order valence-corrected chi connectivity index (χ2v) is 10.7. The number of nitrogens with zero attached hydrogens (tertiary/aromatic N) is 4. The molecule has 16 heteroatoms. The number of rotatable bonds is 8. The maximum atomic E-state index is 13.6. The quantitative estimate of drug-likeness (QED) is 0.130. The summed E-state index contributed by atoms with van der Waals surface area (Å²) >= 11 is 0. The first kappa shape index (κ1) is 28.2. The second kappa shape index (κ2) is 10.8. The fourth-order valence-electron chi connectivity index (χ4n) is 5.47. The molecule has 0 fully saturated rings. The van der Waals surface area contributed by atoms with Gasteiger partial charge in [-0.15, -0.1) is 0 Å². The average molecular weight is 621 g/mol. The van der Waals surface area contributed by atoms with Crippen LogP contribution in [0.1, 0.15) is 50.1 Å². The number of aryl methyl sites for hydroxylation is 1. The van der Waals surface area contributed by atoms with Crippen LogP contribution in [0.3, 0.4) is 0 Å². The van der Waals surface area contributed by atoms with Gasteiger partial charge in [0.25, 0.3) is 22.7 Å². The molecule has 8 N–H and O–H groups in total. The molecule has 1 aliphatic carbocycles. The molecule has 0 radical (unpaired) electrons. The summed E-state index contributed by atoms with van der Waals surface area (Å²) in [6.45, 7) is 0.0853. The summed E-state index contributed by atoms with van der Waals surface area (Å²) < 4.78 is 5.88. The van der Waals surface area contributed by atoms with Gasteiger partial charge in [0.1, 0.15) is 22.8 Å². The van der Waals surface area contributed by atoms with Gasteiger partial charge < -0.3 is 27.4 Å². The Bertz CT molecular complexity index is 2330. The first-order chi connectivity index (χ1) is 22.2. The number of fused-ring (bicyclic) bond motifs is 2. The van der Waals surface area contributed by atoms with Crippen LogP contribution in [-0.2, 0) is 13.0 Å². The Labute approximate surface area is 257 Å². The Balaban J connectivity index is 1.08. The monoisotopic (exact) mass is 620 g/mol. The van der Waals surface area contributed by atoms with E-state index in [9.17, 15) is 24.0 Å². The standard InChI is InChI=1S/C30H24N10O6/c31-18-12-34-40-21(29(44)37-19-7-5-14-9-15(4-6-17(14)19)26-38-30(45)46-39-26)10-20(36-27(18)40)28(43)33-11-13-2-1-3-16(8-13)35-23-22(32)24(41)25(23)42/h1-4,6,8-10,12,19,35H,5,7,11,31-32H2,(H,33,43)(H,37,44)(H,38,39,45)/t19-/m0/s1. The van der Waals surface area contributed by atoms with Crippen molar-refractivity contribution in [2.75, 3.05) is 16.8 Å². The minimum absolute atomic E-state index is 0.0304. The lowest BCUT2D eigenvalue weighted by molar-refractivity contribution is 0.0929. The largest absolute Gasteiger partial charge is 0.439 e. The molecule has 1 aliphatic rings. The van der Waals surface area contributed by atoms with Crippen molar-refractivity contribution in [3.05, 3.63) is 114 Å². The van der Waals surface area contributed by atoms with Crippen molar-refractivity contribution in [1.29, 1.82) is 0 Å². The summed E-state index contributed by atoms with van der Waals surface area (Å²) in [6.07, 6.45) is 2.66. The molecule has 3 aromatic heterocycles. The van der Waals surface area contributed by atoms with Gasteiger partial charge in [0.05, 0.1) is 17.9 Å². The lowest BCUT2D eigenvalue weighted by Gasteiger charge is -2.15. The summed E-state index contributed by atoms with van der Waals surface area (Å²) in [5.74, 6) is -1.38. The average Bonchev–Trinajstić information content (AvgIpc) is 3.79. The van der Waals surface area contributed by atoms with E-state index in [4.69, 9.17) is 11.5 Å². The molecule has 6 aromatic rings. The Morgan fingerprint density at radius 1 is 1.04 bits per heavy atom. The van der Waals surface area contributed by atoms with Gasteiger partial charge in [0.15, 0.2) is 11.5 Å². The van der Waals surface area contributed by atoms with E-state index in [0.717, 1.165) is 11.1 Å². The van der Waals surface area contributed by atoms with Gasteiger partial charge in [-0.3, -0.25) is 28.7 Å². The van der Waals surface area contributed by atoms with Gasteiger partial charge in [-0.2, -0.15) is 5.10 Å². The van der Waals surface area contributed by atoms with E-state index in [1.807, 2.05) is 12.1 Å². The molecule has 7 rings (SSSR count). The maximum Gasteiger partial charge on any atom is 0.439 e. The lowest BCUT2D eigenvalue weighted by atomic mass is 10.0. The van der Waals surface area contributed by atoms with Crippen molar-refractivity contribution in [2.24, 2.45) is 0 Å². The molecular formula is C30H24N10O6. The normalized spacial score (nSPS) is 14.0. The summed E-state index contributed by atoms with van der Waals surface area (Å²) in [4.78, 5) is 68.2. The van der Waals surface area contributed by atoms with Gasteiger partial charge in [0, 0.05) is 23.9 Å². The van der Waals surface area contributed by atoms with Crippen molar-refractivity contribution in [1.82, 2.24) is 35.4 Å². The number of carbonyl (C=O) groups excluding carboxylic acids is 2. The molecule has 230 valence electrons. The van der Waals surface area contributed by atoms with Gasteiger partial charge in [0.2, 0.25) is 0 Å². The minimum Gasteiger partial charge on any atom is -0.394 e. The smallest absolute Gasteiger partial charge is 0.394 e. The Morgan fingerprint density at radius 3 is 2.67 bits per heavy atom. The molecule has 0 unspecified atom stereocenters. The molecule has 1 atom stereocenters. The molecule has 0 saturated heterocycles. The van der Waals surface area contributed by atoms with E-state index >= 15 is 0 Å². The summed E-state index contributed by atoms with van der Waals surface area (Å²) in [7, 11) is 0. The molecule has 16 nitrogen and oxygen atoms in total. The number of amides is 2. The number of hydrogen-bond acceptors (Lipinski definition) is 12.